The van der Waals surface area contributed by atoms with E-state index in [-0.39, 0.29) is 6.61 Å². The summed E-state index contributed by atoms with van der Waals surface area (Å²) in [5.74, 6) is 0. The van der Waals surface area contributed by atoms with Crippen LogP contribution in [0.2, 0.25) is 0 Å². The van der Waals surface area contributed by atoms with Crippen LogP contribution in [0.3, 0.4) is 0 Å². The molecule has 0 saturated carbocycles. The SMILES string of the molecule is CCCCC/C=C\C/C=C\C/C=C\C/C=C\CCCCOC(COP(=O)(O)O)COP(=O)(O)O. The Morgan fingerprint density at radius 2 is 1.06 bits per heavy atom. The highest BCUT2D eigenvalue weighted by atomic mass is 31.2. The minimum absolute atomic E-state index is 0.244. The van der Waals surface area contributed by atoms with Crippen LogP contribution in [0.15, 0.2) is 48.6 Å². The Kier molecular flexibility index (Phi) is 20.9. The molecule has 0 aliphatic carbocycles. The van der Waals surface area contributed by atoms with Crippen LogP contribution in [0.1, 0.15) is 71.1 Å². The van der Waals surface area contributed by atoms with Crippen molar-refractivity contribution in [3.8, 4) is 0 Å². The first kappa shape index (κ1) is 33.1. The summed E-state index contributed by atoms with van der Waals surface area (Å²) in [6.45, 7) is 1.38. The predicted octanol–water partition coefficient (Wildman–Crippen LogP) is 5.74. The largest absolute Gasteiger partial charge is 0.469 e. The molecule has 0 aliphatic rings. The summed E-state index contributed by atoms with van der Waals surface area (Å²) in [5, 5.41) is 0. The Hall–Kier alpha value is -0.860. The van der Waals surface area contributed by atoms with Gasteiger partial charge in [0, 0.05) is 6.61 Å². The van der Waals surface area contributed by atoms with Crippen molar-refractivity contribution in [2.75, 3.05) is 19.8 Å². The van der Waals surface area contributed by atoms with Crippen molar-refractivity contribution in [1.29, 1.82) is 0 Å². The van der Waals surface area contributed by atoms with Crippen LogP contribution in [0, 0.1) is 0 Å². The van der Waals surface area contributed by atoms with Gasteiger partial charge in [0.25, 0.3) is 0 Å². The molecule has 0 spiro atoms. The standard InChI is InChI=1S/C23H42O9P2/c1-2-3-4-5-6-7-8-9-10-11-12-13-14-15-16-17-18-19-20-30-23(21-31-33(24,25)26)22-32-34(27,28)29/h6-7,9-10,12-13,15-16,23H,2-5,8,11,14,17-22H2,1H3,(H2,24,25,26)(H2,27,28,29)/b7-6-,10-9-,13-12-,16-15-. The average molecular weight is 525 g/mol. The first-order valence-corrected chi connectivity index (χ1v) is 14.8. The Bertz CT molecular complexity index is 667. The topological polar surface area (TPSA) is 143 Å². The van der Waals surface area contributed by atoms with Crippen LogP contribution in [-0.4, -0.2) is 45.5 Å². The van der Waals surface area contributed by atoms with Gasteiger partial charge in [-0.05, 0) is 51.4 Å². The molecule has 9 nitrogen and oxygen atoms in total. The molecule has 0 heterocycles. The number of unbranched alkanes of at least 4 members (excludes halogenated alkanes) is 5. The molecule has 0 aromatic rings. The van der Waals surface area contributed by atoms with Crippen LogP contribution in [0.25, 0.3) is 0 Å². The van der Waals surface area contributed by atoms with E-state index in [2.05, 4.69) is 64.6 Å². The van der Waals surface area contributed by atoms with Gasteiger partial charge in [-0.2, -0.15) is 0 Å². The highest BCUT2D eigenvalue weighted by molar-refractivity contribution is 7.46. The third-order valence-corrected chi connectivity index (χ3v) is 5.40. The Morgan fingerprint density at radius 3 is 1.47 bits per heavy atom. The minimum atomic E-state index is -4.71. The third-order valence-electron chi connectivity index (χ3n) is 4.43. The van der Waals surface area contributed by atoms with Gasteiger partial charge in [0.2, 0.25) is 0 Å². The number of hydrogen-bond acceptors (Lipinski definition) is 5. The molecule has 0 bridgehead atoms. The maximum Gasteiger partial charge on any atom is 0.469 e. The monoisotopic (exact) mass is 524 g/mol. The normalized spacial score (nSPS) is 13.6. The lowest BCUT2D eigenvalue weighted by Gasteiger charge is -2.18. The smallest absolute Gasteiger partial charge is 0.373 e. The zero-order valence-electron chi connectivity index (χ0n) is 20.1. The second kappa shape index (κ2) is 21.4. The molecule has 0 saturated heterocycles. The van der Waals surface area contributed by atoms with Crippen molar-refractivity contribution >= 4 is 15.6 Å². The van der Waals surface area contributed by atoms with E-state index in [1.54, 1.807) is 0 Å². The summed E-state index contributed by atoms with van der Waals surface area (Å²) < 4.78 is 35.6. The predicted molar refractivity (Wildman–Crippen MR) is 134 cm³/mol. The van der Waals surface area contributed by atoms with Gasteiger partial charge in [-0.1, -0.05) is 68.4 Å². The molecule has 0 radical (unpaired) electrons. The van der Waals surface area contributed by atoms with Gasteiger partial charge in [-0.25, -0.2) is 9.13 Å². The number of phosphoric ester groups is 2. The Labute approximate surface area is 204 Å². The van der Waals surface area contributed by atoms with E-state index >= 15 is 0 Å². The molecule has 0 aromatic carbocycles. The second-order valence-corrected chi connectivity index (χ2v) is 10.1. The minimum Gasteiger partial charge on any atom is -0.373 e. The van der Waals surface area contributed by atoms with Crippen LogP contribution >= 0.6 is 15.6 Å². The second-order valence-electron chi connectivity index (χ2n) is 7.65. The van der Waals surface area contributed by atoms with E-state index in [0.29, 0.717) is 6.42 Å². The van der Waals surface area contributed by atoms with Crippen molar-refractivity contribution < 1.29 is 42.5 Å². The van der Waals surface area contributed by atoms with Crippen molar-refractivity contribution in [3.05, 3.63) is 48.6 Å². The summed E-state index contributed by atoms with van der Waals surface area (Å²) >= 11 is 0. The molecule has 11 heteroatoms. The zero-order valence-corrected chi connectivity index (χ0v) is 21.9. The van der Waals surface area contributed by atoms with Gasteiger partial charge in [-0.15, -0.1) is 0 Å². The molecule has 0 aromatic heterocycles. The first-order chi connectivity index (χ1) is 16.1. The van der Waals surface area contributed by atoms with E-state index < -0.39 is 35.0 Å². The van der Waals surface area contributed by atoms with E-state index in [0.717, 1.165) is 32.1 Å². The van der Waals surface area contributed by atoms with Crippen LogP contribution in [-0.2, 0) is 22.9 Å². The average Bonchev–Trinajstić information content (AvgIpc) is 2.75. The van der Waals surface area contributed by atoms with Gasteiger partial charge >= 0.3 is 15.6 Å². The third kappa shape index (κ3) is 27.4. The Morgan fingerprint density at radius 1 is 0.647 bits per heavy atom. The summed E-state index contributed by atoms with van der Waals surface area (Å²) in [6, 6.07) is 0. The molecule has 198 valence electrons. The lowest BCUT2D eigenvalue weighted by molar-refractivity contribution is -0.0199. The van der Waals surface area contributed by atoms with E-state index in [9.17, 15) is 9.13 Å². The molecular weight excluding hydrogens is 482 g/mol. The summed E-state index contributed by atoms with van der Waals surface area (Å²) in [7, 11) is -9.43. The van der Waals surface area contributed by atoms with E-state index in [1.165, 1.54) is 25.7 Å². The molecule has 0 amide bonds. The van der Waals surface area contributed by atoms with Crippen molar-refractivity contribution in [1.82, 2.24) is 0 Å². The van der Waals surface area contributed by atoms with Gasteiger partial charge in [-0.3, -0.25) is 9.05 Å². The fourth-order valence-electron chi connectivity index (χ4n) is 2.68. The maximum absolute atomic E-state index is 10.8. The van der Waals surface area contributed by atoms with Crippen LogP contribution < -0.4 is 0 Å². The van der Waals surface area contributed by atoms with Crippen molar-refractivity contribution in [2.45, 2.75) is 77.2 Å². The van der Waals surface area contributed by atoms with Crippen LogP contribution in [0.5, 0.6) is 0 Å². The molecule has 0 rings (SSSR count). The maximum atomic E-state index is 10.8. The number of hydrogen-bond donors (Lipinski definition) is 4. The fraction of sp³-hybridized carbons (Fsp3) is 0.652. The van der Waals surface area contributed by atoms with Gasteiger partial charge in [0.1, 0.15) is 6.10 Å². The van der Waals surface area contributed by atoms with Crippen molar-refractivity contribution in [3.63, 3.8) is 0 Å². The summed E-state index contributed by atoms with van der Waals surface area (Å²) in [4.78, 5) is 35.0. The van der Waals surface area contributed by atoms with Crippen molar-refractivity contribution in [2.24, 2.45) is 0 Å². The molecule has 0 unspecified atom stereocenters. The molecular formula is C23H42O9P2. The first-order valence-electron chi connectivity index (χ1n) is 11.8. The Balaban J connectivity index is 3.85. The molecule has 4 N–H and O–H groups in total. The van der Waals surface area contributed by atoms with E-state index in [4.69, 9.17) is 24.3 Å². The molecule has 0 fully saturated rings. The highest BCUT2D eigenvalue weighted by Gasteiger charge is 2.22. The van der Waals surface area contributed by atoms with Gasteiger partial charge in [0.15, 0.2) is 0 Å². The lowest BCUT2D eigenvalue weighted by Crippen LogP contribution is -2.25. The summed E-state index contributed by atoms with van der Waals surface area (Å²) in [5.41, 5.74) is 0. The lowest BCUT2D eigenvalue weighted by atomic mass is 10.2. The highest BCUT2D eigenvalue weighted by Crippen LogP contribution is 2.38. The summed E-state index contributed by atoms with van der Waals surface area (Å²) in [6.07, 6.45) is 26.4. The molecule has 34 heavy (non-hydrogen) atoms. The zero-order chi connectivity index (χ0) is 25.5. The fourth-order valence-corrected chi connectivity index (χ4v) is 3.40. The molecule has 0 atom stereocenters. The van der Waals surface area contributed by atoms with E-state index in [1.807, 2.05) is 0 Å². The number of phosphoric acid groups is 2. The van der Waals surface area contributed by atoms with Gasteiger partial charge < -0.3 is 24.3 Å². The number of allylic oxidation sites excluding steroid dienone is 8. The van der Waals surface area contributed by atoms with Crippen LogP contribution in [0.4, 0.5) is 0 Å². The van der Waals surface area contributed by atoms with Gasteiger partial charge in [0.05, 0.1) is 13.2 Å². The number of ether oxygens (including phenoxy) is 1. The number of rotatable bonds is 22. The molecule has 0 aliphatic heterocycles. The quantitative estimate of drug-likeness (QED) is 0.0792.